The first-order valence-electron chi connectivity index (χ1n) is 4.04. The molecule has 0 atom stereocenters. The van der Waals surface area contributed by atoms with Gasteiger partial charge in [-0.25, -0.2) is 0 Å². The van der Waals surface area contributed by atoms with Crippen LogP contribution in [0.5, 0.6) is 0 Å². The van der Waals surface area contributed by atoms with Crippen molar-refractivity contribution in [2.75, 3.05) is 0 Å². The Labute approximate surface area is 84.1 Å². The average Bonchev–Trinajstić information content (AvgIpc) is 2.52. The van der Waals surface area contributed by atoms with E-state index in [4.69, 9.17) is 5.11 Å². The molecule has 1 aromatic rings. The average molecular weight is 215 g/mol. The molecule has 0 saturated heterocycles. The molecule has 1 aromatic heterocycles. The van der Waals surface area contributed by atoms with E-state index in [1.807, 2.05) is 0 Å². The molecule has 0 amide bonds. The normalized spacial score (nSPS) is 10.0. The molecule has 0 aliphatic rings. The summed E-state index contributed by atoms with van der Waals surface area (Å²) in [5, 5.41) is 18.8. The first-order chi connectivity index (χ1) is 6.59. The maximum Gasteiger partial charge on any atom is 0.324 e. The van der Waals surface area contributed by atoms with Crippen LogP contribution in [0.3, 0.4) is 0 Å². The molecular formula is C8H9NO4S. The number of hydrogen-bond donors (Lipinski definition) is 1. The molecule has 0 radical (unpaired) electrons. The number of nitrogens with zero attached hydrogens (tertiary/aromatic N) is 1. The molecule has 0 saturated carbocycles. The number of carboxylic acid groups (broad SMARTS) is 1. The van der Waals surface area contributed by atoms with Gasteiger partial charge in [0.25, 0.3) is 0 Å². The lowest BCUT2D eigenvalue weighted by Gasteiger charge is -1.92. The predicted octanol–water partition coefficient (Wildman–Crippen LogP) is 2.06. The van der Waals surface area contributed by atoms with Crippen LogP contribution in [0.4, 0.5) is 5.00 Å². The van der Waals surface area contributed by atoms with Crippen LogP contribution < -0.4 is 0 Å². The van der Waals surface area contributed by atoms with Crippen LogP contribution >= 0.6 is 11.3 Å². The highest BCUT2D eigenvalue weighted by molar-refractivity contribution is 7.15. The van der Waals surface area contributed by atoms with Crippen molar-refractivity contribution >= 4 is 22.3 Å². The van der Waals surface area contributed by atoms with Crippen molar-refractivity contribution in [2.24, 2.45) is 0 Å². The number of nitro groups is 1. The van der Waals surface area contributed by atoms with E-state index < -0.39 is 10.9 Å². The van der Waals surface area contributed by atoms with Gasteiger partial charge in [-0.05, 0) is 18.9 Å². The number of aryl methyl sites for hydroxylation is 1. The van der Waals surface area contributed by atoms with Crippen molar-refractivity contribution < 1.29 is 14.8 Å². The van der Waals surface area contributed by atoms with Gasteiger partial charge in [-0.1, -0.05) is 11.3 Å². The fourth-order valence-corrected chi connectivity index (χ4v) is 1.87. The summed E-state index contributed by atoms with van der Waals surface area (Å²) in [6, 6.07) is 3.12. The van der Waals surface area contributed by atoms with E-state index in [9.17, 15) is 14.9 Å². The Morgan fingerprint density at radius 2 is 2.29 bits per heavy atom. The van der Waals surface area contributed by atoms with E-state index in [2.05, 4.69) is 0 Å². The summed E-state index contributed by atoms with van der Waals surface area (Å²) >= 11 is 1.10. The van der Waals surface area contributed by atoms with E-state index >= 15 is 0 Å². The maximum absolute atomic E-state index is 10.3. The fraction of sp³-hybridized carbons (Fsp3) is 0.375. The zero-order valence-corrected chi connectivity index (χ0v) is 8.12. The molecule has 0 spiro atoms. The van der Waals surface area contributed by atoms with Crippen LogP contribution in [-0.4, -0.2) is 16.0 Å². The Hall–Kier alpha value is -1.43. The van der Waals surface area contributed by atoms with Crippen LogP contribution in [0.2, 0.25) is 0 Å². The third kappa shape index (κ3) is 3.14. The minimum atomic E-state index is -0.837. The second-order valence-corrected chi connectivity index (χ2v) is 3.89. The minimum Gasteiger partial charge on any atom is -0.481 e. The Morgan fingerprint density at radius 3 is 2.79 bits per heavy atom. The Morgan fingerprint density at radius 1 is 1.57 bits per heavy atom. The minimum absolute atomic E-state index is 0.103. The lowest BCUT2D eigenvalue weighted by Crippen LogP contribution is -1.94. The van der Waals surface area contributed by atoms with E-state index in [1.54, 1.807) is 6.07 Å². The van der Waals surface area contributed by atoms with Crippen molar-refractivity contribution in [3.63, 3.8) is 0 Å². The quantitative estimate of drug-likeness (QED) is 0.602. The van der Waals surface area contributed by atoms with Gasteiger partial charge < -0.3 is 5.11 Å². The van der Waals surface area contributed by atoms with Crippen LogP contribution in [0, 0.1) is 10.1 Å². The van der Waals surface area contributed by atoms with E-state index in [1.165, 1.54) is 6.07 Å². The van der Waals surface area contributed by atoms with Gasteiger partial charge in [-0.3, -0.25) is 14.9 Å². The molecule has 5 nitrogen and oxygen atoms in total. The van der Waals surface area contributed by atoms with Crippen LogP contribution in [-0.2, 0) is 11.2 Å². The monoisotopic (exact) mass is 215 g/mol. The highest BCUT2D eigenvalue weighted by Crippen LogP contribution is 2.24. The fourth-order valence-electron chi connectivity index (χ4n) is 1.01. The lowest BCUT2D eigenvalue weighted by molar-refractivity contribution is -0.380. The van der Waals surface area contributed by atoms with E-state index in [0.29, 0.717) is 12.8 Å². The standard InChI is InChI=1S/C8H9NO4S/c10-8(11)3-1-2-6-4-5-7(14-6)9(12)13/h4-5H,1-3H2,(H,10,11). The number of carbonyl (C=O) groups is 1. The topological polar surface area (TPSA) is 80.4 Å². The van der Waals surface area contributed by atoms with Gasteiger partial charge in [0, 0.05) is 17.4 Å². The lowest BCUT2D eigenvalue weighted by atomic mass is 10.2. The van der Waals surface area contributed by atoms with Crippen LogP contribution in [0.25, 0.3) is 0 Å². The summed E-state index contributed by atoms with van der Waals surface area (Å²) in [6.07, 6.45) is 1.21. The van der Waals surface area contributed by atoms with Crippen LogP contribution in [0.1, 0.15) is 17.7 Å². The Balaban J connectivity index is 2.44. The highest BCUT2D eigenvalue weighted by Gasteiger charge is 2.09. The van der Waals surface area contributed by atoms with Crippen molar-refractivity contribution in [2.45, 2.75) is 19.3 Å². The Bertz CT molecular complexity index is 347. The van der Waals surface area contributed by atoms with Gasteiger partial charge in [0.1, 0.15) is 0 Å². The van der Waals surface area contributed by atoms with E-state index in [0.717, 1.165) is 16.2 Å². The second kappa shape index (κ2) is 4.71. The molecule has 14 heavy (non-hydrogen) atoms. The molecule has 1 heterocycles. The predicted molar refractivity (Wildman–Crippen MR) is 51.5 cm³/mol. The third-order valence-corrected chi connectivity index (χ3v) is 2.74. The van der Waals surface area contributed by atoms with Crippen molar-refractivity contribution in [1.82, 2.24) is 0 Å². The van der Waals surface area contributed by atoms with Crippen LogP contribution in [0.15, 0.2) is 12.1 Å². The zero-order chi connectivity index (χ0) is 10.6. The largest absolute Gasteiger partial charge is 0.481 e. The highest BCUT2D eigenvalue weighted by atomic mass is 32.1. The van der Waals surface area contributed by atoms with Crippen molar-refractivity contribution in [3.8, 4) is 0 Å². The smallest absolute Gasteiger partial charge is 0.324 e. The molecule has 0 unspecified atom stereocenters. The molecule has 0 aromatic carbocycles. The van der Waals surface area contributed by atoms with Gasteiger partial charge in [0.2, 0.25) is 0 Å². The molecule has 1 N–H and O–H groups in total. The first kappa shape index (κ1) is 10.6. The molecule has 1 rings (SSSR count). The number of aliphatic carboxylic acids is 1. The van der Waals surface area contributed by atoms with Crippen molar-refractivity contribution in [3.05, 3.63) is 27.1 Å². The maximum atomic E-state index is 10.3. The molecular weight excluding hydrogens is 206 g/mol. The summed E-state index contributed by atoms with van der Waals surface area (Å²) in [4.78, 5) is 20.9. The molecule has 76 valence electrons. The van der Waals surface area contributed by atoms with Crippen molar-refractivity contribution in [1.29, 1.82) is 0 Å². The molecule has 0 fully saturated rings. The molecule has 0 aliphatic carbocycles. The number of carboxylic acids is 1. The van der Waals surface area contributed by atoms with Gasteiger partial charge in [0.05, 0.1) is 4.92 Å². The second-order valence-electron chi connectivity index (χ2n) is 2.74. The summed E-state index contributed by atoms with van der Waals surface area (Å²) in [5.41, 5.74) is 0. The van der Waals surface area contributed by atoms with Gasteiger partial charge in [-0.2, -0.15) is 0 Å². The molecule has 6 heteroatoms. The summed E-state index contributed by atoms with van der Waals surface area (Å²) in [7, 11) is 0. The molecule has 0 aliphatic heterocycles. The number of thiophene rings is 1. The zero-order valence-electron chi connectivity index (χ0n) is 7.30. The van der Waals surface area contributed by atoms with Gasteiger partial charge in [0.15, 0.2) is 0 Å². The number of rotatable bonds is 5. The van der Waals surface area contributed by atoms with E-state index in [-0.39, 0.29) is 11.4 Å². The molecule has 0 bridgehead atoms. The summed E-state index contributed by atoms with van der Waals surface area (Å²) in [5.74, 6) is -0.837. The van der Waals surface area contributed by atoms with Gasteiger partial charge in [-0.15, -0.1) is 0 Å². The summed E-state index contributed by atoms with van der Waals surface area (Å²) < 4.78 is 0. The van der Waals surface area contributed by atoms with Gasteiger partial charge >= 0.3 is 11.0 Å². The Kier molecular flexibility index (Phi) is 3.58. The first-order valence-corrected chi connectivity index (χ1v) is 4.86. The third-order valence-electron chi connectivity index (χ3n) is 1.64. The SMILES string of the molecule is O=C(O)CCCc1ccc([N+](=O)[O-])s1. The number of hydrogen-bond acceptors (Lipinski definition) is 4. The summed E-state index contributed by atoms with van der Waals surface area (Å²) in [6.45, 7) is 0.